The monoisotopic (exact) mass is 498 g/mol. The molecule has 2 N–H and O–H groups in total. The van der Waals surface area contributed by atoms with E-state index >= 15 is 0 Å². The number of rotatable bonds is 7. The summed E-state index contributed by atoms with van der Waals surface area (Å²) in [5.41, 5.74) is 0.476. The van der Waals surface area contributed by atoms with Crippen molar-refractivity contribution in [2.24, 2.45) is 0 Å². The van der Waals surface area contributed by atoms with E-state index in [4.69, 9.17) is 0 Å². The van der Waals surface area contributed by atoms with Gasteiger partial charge in [0.25, 0.3) is 0 Å². The van der Waals surface area contributed by atoms with E-state index in [0.717, 1.165) is 21.1 Å². The van der Waals surface area contributed by atoms with E-state index in [9.17, 15) is 21.9 Å². The smallest absolute Gasteiger partial charge is 0.240 e. The SMILES string of the molecule is O=S(=O)(NCc1ccc(C(O)c2cccs2)s1)c1ccc(N2CCCCS2(=O)=O)cc1. The van der Waals surface area contributed by atoms with Crippen molar-refractivity contribution >= 4 is 48.4 Å². The van der Waals surface area contributed by atoms with Gasteiger partial charge in [0.1, 0.15) is 6.10 Å². The van der Waals surface area contributed by atoms with Crippen molar-refractivity contribution in [3.05, 3.63) is 68.5 Å². The third kappa shape index (κ3) is 5.02. The molecule has 0 amide bonds. The van der Waals surface area contributed by atoms with Crippen LogP contribution in [0.5, 0.6) is 0 Å². The Bertz CT molecular complexity index is 1230. The summed E-state index contributed by atoms with van der Waals surface area (Å²) in [6, 6.07) is 13.2. The maximum atomic E-state index is 12.7. The maximum absolute atomic E-state index is 12.7. The number of hydrogen-bond donors (Lipinski definition) is 2. The van der Waals surface area contributed by atoms with Crippen LogP contribution in [0.3, 0.4) is 0 Å². The molecule has 1 aromatic carbocycles. The Kier molecular flexibility index (Phi) is 6.52. The lowest BCUT2D eigenvalue weighted by Crippen LogP contribution is -2.37. The van der Waals surface area contributed by atoms with E-state index in [2.05, 4.69) is 4.72 Å². The zero-order valence-corrected chi connectivity index (χ0v) is 19.7. The molecule has 1 aliphatic rings. The molecule has 0 bridgehead atoms. The maximum Gasteiger partial charge on any atom is 0.240 e. The number of nitrogens with one attached hydrogen (secondary N) is 1. The zero-order chi connectivity index (χ0) is 22.1. The highest BCUT2D eigenvalue weighted by molar-refractivity contribution is 7.92. The van der Waals surface area contributed by atoms with Crippen molar-refractivity contribution in [1.29, 1.82) is 0 Å². The van der Waals surface area contributed by atoms with Gasteiger partial charge in [0.05, 0.1) is 16.3 Å². The van der Waals surface area contributed by atoms with Gasteiger partial charge in [0, 0.05) is 27.7 Å². The topological polar surface area (TPSA) is 104 Å². The highest BCUT2D eigenvalue weighted by Crippen LogP contribution is 2.31. The fraction of sp³-hybridized carbons (Fsp3) is 0.300. The standard InChI is InChI=1S/C20H22N2O5S4/c23-20(18-4-3-12-28-18)19-10-7-16(29-19)14-21-31(26,27)17-8-5-15(6-9-17)22-11-1-2-13-30(22,24)25/h3-10,12,20-21,23H,1-2,11,13-14H2. The van der Waals surface area contributed by atoms with Gasteiger partial charge < -0.3 is 5.11 Å². The molecule has 31 heavy (non-hydrogen) atoms. The second-order valence-electron chi connectivity index (χ2n) is 7.14. The third-order valence-electron chi connectivity index (χ3n) is 4.99. The first-order valence-electron chi connectivity index (χ1n) is 9.66. The molecule has 1 atom stereocenters. The highest BCUT2D eigenvalue weighted by Gasteiger charge is 2.26. The minimum atomic E-state index is -3.76. The van der Waals surface area contributed by atoms with Gasteiger partial charge in [-0.15, -0.1) is 22.7 Å². The Labute approximate surface area is 190 Å². The molecule has 1 aliphatic heterocycles. The van der Waals surface area contributed by atoms with E-state index < -0.39 is 26.2 Å². The highest BCUT2D eigenvalue weighted by atomic mass is 32.2. The van der Waals surface area contributed by atoms with Crippen LogP contribution in [0.2, 0.25) is 0 Å². The first kappa shape index (κ1) is 22.4. The van der Waals surface area contributed by atoms with E-state index in [1.54, 1.807) is 12.1 Å². The predicted molar refractivity (Wildman–Crippen MR) is 124 cm³/mol. The van der Waals surface area contributed by atoms with Crippen molar-refractivity contribution in [3.8, 4) is 0 Å². The Morgan fingerprint density at radius 3 is 2.52 bits per heavy atom. The summed E-state index contributed by atoms with van der Waals surface area (Å²) in [4.78, 5) is 2.44. The second-order valence-corrected chi connectivity index (χ2v) is 13.1. The predicted octanol–water partition coefficient (Wildman–Crippen LogP) is 3.30. The van der Waals surface area contributed by atoms with Gasteiger partial charge in [-0.05, 0) is 60.7 Å². The van der Waals surface area contributed by atoms with Gasteiger partial charge >= 0.3 is 0 Å². The first-order valence-corrected chi connectivity index (χ1v) is 14.5. The first-order chi connectivity index (χ1) is 14.8. The molecule has 0 saturated carbocycles. The molecule has 1 unspecified atom stereocenters. The molecule has 2 aromatic heterocycles. The number of sulfonamides is 2. The van der Waals surface area contributed by atoms with Gasteiger partial charge in [0.2, 0.25) is 20.0 Å². The van der Waals surface area contributed by atoms with Crippen LogP contribution < -0.4 is 9.03 Å². The number of aliphatic hydroxyl groups is 1. The lowest BCUT2D eigenvalue weighted by atomic mass is 10.2. The van der Waals surface area contributed by atoms with Gasteiger partial charge in [-0.2, -0.15) is 0 Å². The van der Waals surface area contributed by atoms with Gasteiger partial charge in [-0.1, -0.05) is 6.07 Å². The van der Waals surface area contributed by atoms with E-state index in [1.165, 1.54) is 51.2 Å². The fourth-order valence-corrected chi connectivity index (χ4v) is 7.84. The summed E-state index contributed by atoms with van der Waals surface area (Å²) in [7, 11) is -7.10. The van der Waals surface area contributed by atoms with E-state index in [1.807, 2.05) is 17.5 Å². The minimum absolute atomic E-state index is 0.0704. The summed E-state index contributed by atoms with van der Waals surface area (Å²) in [5, 5.41) is 12.3. The molecule has 0 spiro atoms. The molecular formula is C20H22N2O5S4. The molecule has 0 aliphatic carbocycles. The number of hydrogen-bond acceptors (Lipinski definition) is 7. The number of nitrogens with zero attached hydrogens (tertiary/aromatic N) is 1. The van der Waals surface area contributed by atoms with Crippen molar-refractivity contribution < 1.29 is 21.9 Å². The zero-order valence-electron chi connectivity index (χ0n) is 16.5. The molecule has 3 heterocycles. The van der Waals surface area contributed by atoms with Crippen LogP contribution in [-0.2, 0) is 26.6 Å². The summed E-state index contributed by atoms with van der Waals surface area (Å²) < 4.78 is 53.7. The summed E-state index contributed by atoms with van der Waals surface area (Å²) in [5.74, 6) is 0.110. The van der Waals surface area contributed by atoms with Crippen molar-refractivity contribution in [3.63, 3.8) is 0 Å². The molecule has 3 aromatic rings. The number of thiophene rings is 2. The van der Waals surface area contributed by atoms with Crippen LogP contribution in [0.1, 0.15) is 33.6 Å². The van der Waals surface area contributed by atoms with Crippen molar-refractivity contribution in [2.75, 3.05) is 16.6 Å². The Balaban J connectivity index is 1.42. The van der Waals surface area contributed by atoms with Gasteiger partial charge in [0.15, 0.2) is 0 Å². The molecule has 0 radical (unpaired) electrons. The minimum Gasteiger partial charge on any atom is -0.382 e. The Morgan fingerprint density at radius 2 is 1.84 bits per heavy atom. The quantitative estimate of drug-likeness (QED) is 0.520. The largest absolute Gasteiger partial charge is 0.382 e. The normalized spacial score (nSPS) is 17.5. The third-order valence-corrected chi connectivity index (χ3v) is 10.3. The van der Waals surface area contributed by atoms with Crippen LogP contribution in [0.25, 0.3) is 0 Å². The molecular weight excluding hydrogens is 476 g/mol. The number of anilines is 1. The molecule has 4 rings (SSSR count). The molecule has 1 fully saturated rings. The average molecular weight is 499 g/mol. The van der Waals surface area contributed by atoms with Crippen LogP contribution >= 0.6 is 22.7 Å². The Morgan fingerprint density at radius 1 is 1.06 bits per heavy atom. The van der Waals surface area contributed by atoms with E-state index in [-0.39, 0.29) is 17.2 Å². The molecule has 1 saturated heterocycles. The van der Waals surface area contributed by atoms with Crippen LogP contribution in [0.4, 0.5) is 5.69 Å². The number of benzene rings is 1. The van der Waals surface area contributed by atoms with Gasteiger partial charge in [-0.3, -0.25) is 4.31 Å². The number of aliphatic hydroxyl groups excluding tert-OH is 1. The second kappa shape index (κ2) is 9.00. The van der Waals surface area contributed by atoms with Crippen molar-refractivity contribution in [1.82, 2.24) is 4.72 Å². The van der Waals surface area contributed by atoms with Gasteiger partial charge in [-0.25, -0.2) is 21.6 Å². The lowest BCUT2D eigenvalue weighted by molar-refractivity contribution is 0.228. The molecule has 166 valence electrons. The van der Waals surface area contributed by atoms with Crippen LogP contribution in [0, 0.1) is 0 Å². The summed E-state index contributed by atoms with van der Waals surface area (Å²) in [6.07, 6.45) is 0.712. The lowest BCUT2D eigenvalue weighted by Gasteiger charge is -2.28. The summed E-state index contributed by atoms with van der Waals surface area (Å²) >= 11 is 2.82. The summed E-state index contributed by atoms with van der Waals surface area (Å²) in [6.45, 7) is 0.511. The fourth-order valence-electron chi connectivity index (χ4n) is 3.34. The van der Waals surface area contributed by atoms with Crippen molar-refractivity contribution in [2.45, 2.75) is 30.4 Å². The average Bonchev–Trinajstić information content (AvgIpc) is 3.44. The Hall–Kier alpha value is -1.76. The molecule has 11 heteroatoms. The van der Waals surface area contributed by atoms with Crippen LogP contribution in [0.15, 0.2) is 58.8 Å². The van der Waals surface area contributed by atoms with Crippen LogP contribution in [-0.4, -0.2) is 34.2 Å². The molecule has 7 nitrogen and oxygen atoms in total. The van der Waals surface area contributed by atoms with E-state index in [0.29, 0.717) is 18.7 Å².